The molecule has 118 valence electrons. The number of hydrogen-bond acceptors (Lipinski definition) is 1. The lowest BCUT2D eigenvalue weighted by molar-refractivity contribution is 0.0225. The summed E-state index contributed by atoms with van der Waals surface area (Å²) in [5.74, 6) is 0.742. The van der Waals surface area contributed by atoms with Crippen LogP contribution in [0.3, 0.4) is 0 Å². The summed E-state index contributed by atoms with van der Waals surface area (Å²) in [5, 5.41) is 11.0. The Labute approximate surface area is 130 Å². The lowest BCUT2D eigenvalue weighted by Crippen LogP contribution is -2.31. The van der Waals surface area contributed by atoms with E-state index in [0.29, 0.717) is 5.41 Å². The van der Waals surface area contributed by atoms with Gasteiger partial charge in [-0.15, -0.1) is 0 Å². The van der Waals surface area contributed by atoms with E-state index in [1.165, 1.54) is 23.1 Å². The molecule has 0 spiro atoms. The van der Waals surface area contributed by atoms with Crippen LogP contribution in [0.15, 0.2) is 18.2 Å². The normalized spacial score (nSPS) is 27.4. The molecule has 2 unspecified atom stereocenters. The van der Waals surface area contributed by atoms with Crippen LogP contribution >= 0.6 is 0 Å². The quantitative estimate of drug-likeness (QED) is 0.741. The fourth-order valence-corrected chi connectivity index (χ4v) is 3.73. The Morgan fingerprint density at radius 1 is 1.10 bits per heavy atom. The molecule has 1 aliphatic carbocycles. The van der Waals surface area contributed by atoms with E-state index in [4.69, 9.17) is 0 Å². The van der Waals surface area contributed by atoms with E-state index in [2.05, 4.69) is 52.8 Å². The molecule has 1 aliphatic rings. The standard InChI is InChI=1S/C20H32O/c1-15-8-9-17(13-16(15)2)14-20(21)11-6-7-18(10-12-20)19(3,4)5/h8-9,13,18,21H,6-7,10-12,14H2,1-5H3. The lowest BCUT2D eigenvalue weighted by Gasteiger charge is -2.31. The Hall–Kier alpha value is -0.820. The van der Waals surface area contributed by atoms with Crippen LogP contribution in [-0.4, -0.2) is 10.7 Å². The summed E-state index contributed by atoms with van der Waals surface area (Å²) in [6, 6.07) is 6.62. The van der Waals surface area contributed by atoms with Gasteiger partial charge in [0.1, 0.15) is 0 Å². The van der Waals surface area contributed by atoms with Gasteiger partial charge in [0.05, 0.1) is 5.60 Å². The molecular formula is C20H32O. The third-order valence-electron chi connectivity index (χ3n) is 5.48. The maximum Gasteiger partial charge on any atom is 0.0688 e. The minimum absolute atomic E-state index is 0.367. The van der Waals surface area contributed by atoms with Gasteiger partial charge in [-0.05, 0) is 67.6 Å². The summed E-state index contributed by atoms with van der Waals surface area (Å²) < 4.78 is 0. The predicted octanol–water partition coefficient (Wildman–Crippen LogP) is 5.20. The summed E-state index contributed by atoms with van der Waals surface area (Å²) in [7, 11) is 0. The van der Waals surface area contributed by atoms with E-state index < -0.39 is 5.60 Å². The predicted molar refractivity (Wildman–Crippen MR) is 90.6 cm³/mol. The van der Waals surface area contributed by atoms with Gasteiger partial charge in [-0.1, -0.05) is 45.4 Å². The van der Waals surface area contributed by atoms with Crippen molar-refractivity contribution in [3.63, 3.8) is 0 Å². The molecule has 0 aliphatic heterocycles. The van der Waals surface area contributed by atoms with Crippen LogP contribution in [0.5, 0.6) is 0 Å². The van der Waals surface area contributed by atoms with Crippen LogP contribution < -0.4 is 0 Å². The summed E-state index contributed by atoms with van der Waals surface area (Å²) >= 11 is 0. The van der Waals surface area contributed by atoms with Gasteiger partial charge in [-0.3, -0.25) is 0 Å². The van der Waals surface area contributed by atoms with Gasteiger partial charge in [0.15, 0.2) is 0 Å². The van der Waals surface area contributed by atoms with Gasteiger partial charge >= 0.3 is 0 Å². The molecule has 2 atom stereocenters. The molecule has 1 aromatic rings. The molecule has 1 saturated carbocycles. The van der Waals surface area contributed by atoms with E-state index in [0.717, 1.165) is 38.0 Å². The average molecular weight is 288 g/mol. The molecule has 1 aromatic carbocycles. The van der Waals surface area contributed by atoms with Crippen molar-refractivity contribution in [3.05, 3.63) is 34.9 Å². The first-order chi connectivity index (χ1) is 9.70. The first kappa shape index (κ1) is 16.5. The van der Waals surface area contributed by atoms with Crippen molar-refractivity contribution in [3.8, 4) is 0 Å². The summed E-state index contributed by atoms with van der Waals surface area (Å²) in [5.41, 5.74) is 3.82. The number of hydrogen-bond donors (Lipinski definition) is 1. The second kappa shape index (κ2) is 6.12. The Bertz CT molecular complexity index is 483. The summed E-state index contributed by atoms with van der Waals surface area (Å²) in [4.78, 5) is 0. The Morgan fingerprint density at radius 3 is 2.43 bits per heavy atom. The highest BCUT2D eigenvalue weighted by Gasteiger charge is 2.34. The van der Waals surface area contributed by atoms with Crippen molar-refractivity contribution in [1.82, 2.24) is 0 Å². The zero-order valence-corrected chi connectivity index (χ0v) is 14.5. The molecule has 0 saturated heterocycles. The van der Waals surface area contributed by atoms with E-state index in [-0.39, 0.29) is 0 Å². The van der Waals surface area contributed by atoms with Gasteiger partial charge < -0.3 is 5.11 Å². The van der Waals surface area contributed by atoms with Gasteiger partial charge in [-0.25, -0.2) is 0 Å². The van der Waals surface area contributed by atoms with Gasteiger partial charge in [0.25, 0.3) is 0 Å². The second-order valence-electron chi connectivity index (χ2n) is 8.31. The first-order valence-corrected chi connectivity index (χ1v) is 8.48. The van der Waals surface area contributed by atoms with Crippen LogP contribution in [0.4, 0.5) is 0 Å². The molecule has 1 nitrogen and oxygen atoms in total. The van der Waals surface area contributed by atoms with Crippen LogP contribution in [0, 0.1) is 25.2 Å². The van der Waals surface area contributed by atoms with Crippen molar-refractivity contribution in [2.24, 2.45) is 11.3 Å². The molecule has 1 N–H and O–H groups in total. The number of rotatable bonds is 2. The van der Waals surface area contributed by atoms with E-state index in [1.54, 1.807) is 0 Å². The Kier molecular flexibility index (Phi) is 4.82. The molecule has 21 heavy (non-hydrogen) atoms. The minimum atomic E-state index is -0.498. The average Bonchev–Trinajstić information content (AvgIpc) is 2.55. The van der Waals surface area contributed by atoms with Crippen molar-refractivity contribution >= 4 is 0 Å². The third kappa shape index (κ3) is 4.32. The van der Waals surface area contributed by atoms with Gasteiger partial charge in [0.2, 0.25) is 0 Å². The molecule has 0 heterocycles. The minimum Gasteiger partial charge on any atom is -0.390 e. The molecule has 0 bridgehead atoms. The highest BCUT2D eigenvalue weighted by atomic mass is 16.3. The first-order valence-electron chi connectivity index (χ1n) is 8.48. The summed E-state index contributed by atoms with van der Waals surface area (Å²) in [6.07, 6.45) is 6.28. The van der Waals surface area contributed by atoms with Crippen LogP contribution in [-0.2, 0) is 6.42 Å². The number of aryl methyl sites for hydroxylation is 2. The maximum absolute atomic E-state index is 11.0. The van der Waals surface area contributed by atoms with Crippen molar-refractivity contribution in [1.29, 1.82) is 0 Å². The number of aliphatic hydroxyl groups is 1. The Balaban J connectivity index is 2.06. The maximum atomic E-state index is 11.0. The zero-order chi connectivity index (χ0) is 15.7. The molecule has 1 heteroatoms. The number of benzene rings is 1. The van der Waals surface area contributed by atoms with E-state index in [9.17, 15) is 5.11 Å². The van der Waals surface area contributed by atoms with Crippen molar-refractivity contribution in [2.75, 3.05) is 0 Å². The van der Waals surface area contributed by atoms with Gasteiger partial charge in [0, 0.05) is 6.42 Å². The molecule has 0 radical (unpaired) electrons. The zero-order valence-electron chi connectivity index (χ0n) is 14.5. The fraction of sp³-hybridized carbons (Fsp3) is 0.700. The van der Waals surface area contributed by atoms with E-state index in [1.807, 2.05) is 0 Å². The molecule has 0 amide bonds. The van der Waals surface area contributed by atoms with Gasteiger partial charge in [-0.2, -0.15) is 0 Å². The topological polar surface area (TPSA) is 20.2 Å². The monoisotopic (exact) mass is 288 g/mol. The third-order valence-corrected chi connectivity index (χ3v) is 5.48. The molecule has 0 aromatic heterocycles. The van der Waals surface area contributed by atoms with Crippen molar-refractivity contribution < 1.29 is 5.11 Å². The molecular weight excluding hydrogens is 256 g/mol. The lowest BCUT2D eigenvalue weighted by atomic mass is 9.76. The van der Waals surface area contributed by atoms with E-state index >= 15 is 0 Å². The Morgan fingerprint density at radius 2 is 1.81 bits per heavy atom. The van der Waals surface area contributed by atoms with Crippen LogP contribution in [0.25, 0.3) is 0 Å². The highest BCUT2D eigenvalue weighted by Crippen LogP contribution is 2.40. The fourth-order valence-electron chi connectivity index (χ4n) is 3.73. The van der Waals surface area contributed by atoms with Crippen LogP contribution in [0.2, 0.25) is 0 Å². The van der Waals surface area contributed by atoms with Crippen molar-refractivity contribution in [2.45, 2.75) is 78.7 Å². The van der Waals surface area contributed by atoms with Crippen LogP contribution in [0.1, 0.15) is 69.6 Å². The highest BCUT2D eigenvalue weighted by molar-refractivity contribution is 5.30. The summed E-state index contributed by atoms with van der Waals surface area (Å²) in [6.45, 7) is 11.3. The molecule has 2 rings (SSSR count). The SMILES string of the molecule is Cc1ccc(CC2(O)CCCC(C(C)(C)C)CC2)cc1C. The molecule has 1 fully saturated rings. The second-order valence-corrected chi connectivity index (χ2v) is 8.31. The smallest absolute Gasteiger partial charge is 0.0688 e. The largest absolute Gasteiger partial charge is 0.390 e.